The third kappa shape index (κ3) is 3.90. The number of aromatic nitrogens is 3. The van der Waals surface area contributed by atoms with Crippen LogP contribution in [0.5, 0.6) is 0 Å². The van der Waals surface area contributed by atoms with E-state index in [1.807, 2.05) is 32.0 Å². The van der Waals surface area contributed by atoms with Crippen molar-refractivity contribution in [2.24, 2.45) is 0 Å². The third-order valence-electron chi connectivity index (χ3n) is 4.30. The van der Waals surface area contributed by atoms with Crippen molar-refractivity contribution in [1.29, 1.82) is 0 Å². The molecule has 0 saturated carbocycles. The van der Waals surface area contributed by atoms with E-state index in [0.717, 1.165) is 15.8 Å². The molecule has 4 aromatic rings. The standard InChI is InChI=1S/C20H20N6O2S/c1-11(2)23-18(27)13-4-3-7-26-10-15(24-17(13)26)19(28)22-9-12-5-6-14-16(8-12)29-20(21)25-14/h3-8,10-11H,9H2,1-2H3,(H2,21,25)(H,22,28)(H,23,27). The van der Waals surface area contributed by atoms with E-state index in [0.29, 0.717) is 22.9 Å². The molecule has 0 aliphatic rings. The van der Waals surface area contributed by atoms with Gasteiger partial charge in [-0.05, 0) is 43.7 Å². The molecule has 4 N–H and O–H groups in total. The van der Waals surface area contributed by atoms with E-state index in [1.54, 1.807) is 28.9 Å². The molecule has 0 atom stereocenters. The minimum absolute atomic E-state index is 0.00622. The van der Waals surface area contributed by atoms with Crippen LogP contribution in [0.15, 0.2) is 42.7 Å². The average molecular weight is 408 g/mol. The van der Waals surface area contributed by atoms with E-state index in [1.165, 1.54) is 11.3 Å². The molecule has 0 spiro atoms. The fourth-order valence-electron chi connectivity index (χ4n) is 3.01. The van der Waals surface area contributed by atoms with Gasteiger partial charge in [0, 0.05) is 25.0 Å². The summed E-state index contributed by atoms with van der Waals surface area (Å²) in [7, 11) is 0. The molecular formula is C20H20N6O2S. The van der Waals surface area contributed by atoms with Crippen LogP contribution in [0.2, 0.25) is 0 Å². The lowest BCUT2D eigenvalue weighted by Crippen LogP contribution is -2.30. The number of thiazole rings is 1. The van der Waals surface area contributed by atoms with Crippen LogP contribution in [0.25, 0.3) is 15.9 Å². The van der Waals surface area contributed by atoms with Crippen LogP contribution in [-0.2, 0) is 6.54 Å². The summed E-state index contributed by atoms with van der Waals surface area (Å²) < 4.78 is 2.65. The molecule has 29 heavy (non-hydrogen) atoms. The van der Waals surface area contributed by atoms with Gasteiger partial charge in [0.2, 0.25) is 0 Å². The second-order valence-electron chi connectivity index (χ2n) is 6.94. The Kier molecular flexibility index (Phi) is 4.89. The molecule has 2 amide bonds. The van der Waals surface area contributed by atoms with Gasteiger partial charge in [-0.3, -0.25) is 9.59 Å². The summed E-state index contributed by atoms with van der Waals surface area (Å²) in [5.74, 6) is -0.534. The number of nitrogens with one attached hydrogen (secondary N) is 2. The number of nitrogen functional groups attached to an aromatic ring is 1. The second-order valence-corrected chi connectivity index (χ2v) is 8.01. The molecule has 4 rings (SSSR count). The summed E-state index contributed by atoms with van der Waals surface area (Å²) in [6, 6.07) is 9.20. The fourth-order valence-corrected chi connectivity index (χ4v) is 3.81. The molecule has 0 radical (unpaired) electrons. The van der Waals surface area contributed by atoms with Crippen LogP contribution in [0, 0.1) is 0 Å². The lowest BCUT2D eigenvalue weighted by molar-refractivity contribution is 0.0935. The zero-order valence-corrected chi connectivity index (χ0v) is 16.8. The maximum atomic E-state index is 12.6. The number of imidazole rings is 1. The minimum atomic E-state index is -0.312. The Morgan fingerprint density at radius 1 is 1.21 bits per heavy atom. The van der Waals surface area contributed by atoms with Gasteiger partial charge in [0.25, 0.3) is 11.8 Å². The van der Waals surface area contributed by atoms with Crippen molar-refractivity contribution >= 4 is 44.1 Å². The predicted molar refractivity (Wildman–Crippen MR) is 113 cm³/mol. The van der Waals surface area contributed by atoms with E-state index < -0.39 is 0 Å². The van der Waals surface area contributed by atoms with Crippen molar-refractivity contribution in [3.63, 3.8) is 0 Å². The highest BCUT2D eigenvalue weighted by Crippen LogP contribution is 2.24. The highest BCUT2D eigenvalue weighted by molar-refractivity contribution is 7.22. The molecule has 148 valence electrons. The number of carbonyl (C=O) groups is 2. The van der Waals surface area contributed by atoms with Crippen molar-refractivity contribution < 1.29 is 9.59 Å². The third-order valence-corrected chi connectivity index (χ3v) is 5.15. The summed E-state index contributed by atoms with van der Waals surface area (Å²) in [6.45, 7) is 4.13. The van der Waals surface area contributed by atoms with Gasteiger partial charge < -0.3 is 20.8 Å². The van der Waals surface area contributed by atoms with E-state index in [9.17, 15) is 9.59 Å². The zero-order valence-electron chi connectivity index (χ0n) is 16.0. The first-order valence-electron chi connectivity index (χ1n) is 9.12. The van der Waals surface area contributed by atoms with E-state index >= 15 is 0 Å². The Bertz CT molecular complexity index is 1230. The minimum Gasteiger partial charge on any atom is -0.375 e. The molecule has 0 unspecified atom stereocenters. The van der Waals surface area contributed by atoms with Crippen molar-refractivity contribution in [3.8, 4) is 0 Å². The van der Waals surface area contributed by atoms with Crippen molar-refractivity contribution in [3.05, 3.63) is 59.5 Å². The number of nitrogens with zero attached hydrogens (tertiary/aromatic N) is 3. The largest absolute Gasteiger partial charge is 0.375 e. The zero-order chi connectivity index (χ0) is 20.5. The lowest BCUT2D eigenvalue weighted by atomic mass is 10.2. The number of hydrogen-bond donors (Lipinski definition) is 3. The van der Waals surface area contributed by atoms with Gasteiger partial charge in [0.1, 0.15) is 5.69 Å². The Morgan fingerprint density at radius 2 is 2.03 bits per heavy atom. The number of benzene rings is 1. The van der Waals surface area contributed by atoms with Gasteiger partial charge in [-0.25, -0.2) is 9.97 Å². The molecule has 3 heterocycles. The summed E-state index contributed by atoms with van der Waals surface area (Å²) >= 11 is 1.41. The van der Waals surface area contributed by atoms with Gasteiger partial charge in [0.05, 0.1) is 15.8 Å². The number of fused-ring (bicyclic) bond motifs is 2. The lowest BCUT2D eigenvalue weighted by Gasteiger charge is -2.08. The van der Waals surface area contributed by atoms with Crippen LogP contribution < -0.4 is 16.4 Å². The normalized spacial score (nSPS) is 11.3. The maximum Gasteiger partial charge on any atom is 0.271 e. The molecule has 8 nitrogen and oxygen atoms in total. The van der Waals surface area contributed by atoms with Gasteiger partial charge >= 0.3 is 0 Å². The SMILES string of the molecule is CC(C)NC(=O)c1cccn2cc(C(=O)NCc3ccc4nc(N)sc4c3)nc12. The van der Waals surface area contributed by atoms with Crippen LogP contribution >= 0.6 is 11.3 Å². The second kappa shape index (κ2) is 7.51. The quantitative estimate of drug-likeness (QED) is 0.470. The number of amides is 2. The molecule has 0 fully saturated rings. The Labute approximate surface area is 170 Å². The summed E-state index contributed by atoms with van der Waals surface area (Å²) in [5.41, 5.74) is 8.63. The van der Waals surface area contributed by atoms with Gasteiger partial charge in [-0.15, -0.1) is 0 Å². The number of carbonyl (C=O) groups excluding carboxylic acids is 2. The molecule has 0 bridgehead atoms. The number of anilines is 1. The average Bonchev–Trinajstić information content (AvgIpc) is 3.27. The van der Waals surface area contributed by atoms with Crippen LogP contribution in [0.4, 0.5) is 5.13 Å². The first-order chi connectivity index (χ1) is 13.9. The summed E-state index contributed by atoms with van der Waals surface area (Å²) in [6.07, 6.45) is 3.37. The van der Waals surface area contributed by atoms with Crippen molar-refractivity contribution in [2.75, 3.05) is 5.73 Å². The topological polar surface area (TPSA) is 114 Å². The van der Waals surface area contributed by atoms with Gasteiger partial charge in [-0.1, -0.05) is 17.4 Å². The Morgan fingerprint density at radius 3 is 2.83 bits per heavy atom. The summed E-state index contributed by atoms with van der Waals surface area (Å²) in [5, 5.41) is 6.23. The smallest absolute Gasteiger partial charge is 0.271 e. The van der Waals surface area contributed by atoms with Gasteiger partial charge in [0.15, 0.2) is 10.8 Å². The molecule has 1 aromatic carbocycles. The monoisotopic (exact) mass is 408 g/mol. The van der Waals surface area contributed by atoms with Crippen LogP contribution in [-0.4, -0.2) is 32.2 Å². The fraction of sp³-hybridized carbons (Fsp3) is 0.200. The first-order valence-corrected chi connectivity index (χ1v) is 9.94. The molecule has 9 heteroatoms. The van der Waals surface area contributed by atoms with Gasteiger partial charge in [-0.2, -0.15) is 0 Å². The van der Waals surface area contributed by atoms with E-state index in [4.69, 9.17) is 5.73 Å². The van der Waals surface area contributed by atoms with Crippen molar-refractivity contribution in [1.82, 2.24) is 25.0 Å². The number of rotatable bonds is 5. The summed E-state index contributed by atoms with van der Waals surface area (Å²) in [4.78, 5) is 33.6. The highest BCUT2D eigenvalue weighted by Gasteiger charge is 2.17. The maximum absolute atomic E-state index is 12.6. The Hall–Kier alpha value is -3.46. The molecule has 0 saturated heterocycles. The number of nitrogens with two attached hydrogens (primary N) is 1. The first kappa shape index (κ1) is 18.9. The van der Waals surface area contributed by atoms with Crippen LogP contribution in [0.3, 0.4) is 0 Å². The number of pyridine rings is 1. The van der Waals surface area contributed by atoms with Crippen molar-refractivity contribution in [2.45, 2.75) is 26.4 Å². The van der Waals surface area contributed by atoms with Crippen LogP contribution in [0.1, 0.15) is 40.3 Å². The molecule has 0 aliphatic heterocycles. The predicted octanol–water partition coefficient (Wildman–Crippen LogP) is 2.59. The molecular weight excluding hydrogens is 388 g/mol. The van der Waals surface area contributed by atoms with E-state index in [2.05, 4.69) is 20.6 Å². The highest BCUT2D eigenvalue weighted by atomic mass is 32.1. The molecule has 0 aliphatic carbocycles. The molecule has 3 aromatic heterocycles. The number of hydrogen-bond acceptors (Lipinski definition) is 6. The Balaban J connectivity index is 1.52. The van der Waals surface area contributed by atoms with E-state index in [-0.39, 0.29) is 23.6 Å².